The van der Waals surface area contributed by atoms with E-state index >= 15 is 0 Å². The topological polar surface area (TPSA) is 84.9 Å². The van der Waals surface area contributed by atoms with Gasteiger partial charge in [-0.15, -0.1) is 11.3 Å². The van der Waals surface area contributed by atoms with Gasteiger partial charge in [0.15, 0.2) is 0 Å². The van der Waals surface area contributed by atoms with Crippen LogP contribution in [-0.4, -0.2) is 49.0 Å². The number of benzene rings is 2. The zero-order valence-corrected chi connectivity index (χ0v) is 18.0. The predicted octanol–water partition coefficient (Wildman–Crippen LogP) is 3.76. The van der Waals surface area contributed by atoms with E-state index < -0.39 is 12.1 Å². The highest BCUT2D eigenvalue weighted by atomic mass is 32.1. The molecule has 1 saturated heterocycles. The number of nitrogens with zero attached hydrogens (tertiary/aromatic N) is 1. The molecule has 1 unspecified atom stereocenters. The summed E-state index contributed by atoms with van der Waals surface area (Å²) in [5.74, 6) is -1.10. The summed E-state index contributed by atoms with van der Waals surface area (Å²) in [4.78, 5) is 40.4. The molecular formula is C24H22N2O5S. The third-order valence-electron chi connectivity index (χ3n) is 5.00. The van der Waals surface area contributed by atoms with Gasteiger partial charge in [-0.1, -0.05) is 36.4 Å². The highest BCUT2D eigenvalue weighted by Crippen LogP contribution is 2.23. The normalized spacial score (nSPS) is 14.4. The second-order valence-electron chi connectivity index (χ2n) is 7.14. The number of anilines is 1. The lowest BCUT2D eigenvalue weighted by molar-refractivity contribution is -0.145. The van der Waals surface area contributed by atoms with Gasteiger partial charge in [0.2, 0.25) is 6.10 Å². The molecule has 0 spiro atoms. The number of hydrogen-bond acceptors (Lipinski definition) is 6. The first kappa shape index (κ1) is 21.7. The van der Waals surface area contributed by atoms with Gasteiger partial charge >= 0.3 is 5.97 Å². The van der Waals surface area contributed by atoms with Crippen LogP contribution in [0.1, 0.15) is 31.7 Å². The number of rotatable bonds is 6. The summed E-state index contributed by atoms with van der Waals surface area (Å²) in [6.07, 6.45) is -1.04. The van der Waals surface area contributed by atoms with Crippen molar-refractivity contribution in [2.45, 2.75) is 6.10 Å². The van der Waals surface area contributed by atoms with Crippen LogP contribution in [0.4, 0.5) is 5.69 Å². The fourth-order valence-corrected chi connectivity index (χ4v) is 3.92. The quantitative estimate of drug-likeness (QED) is 0.578. The Morgan fingerprint density at radius 1 is 0.938 bits per heavy atom. The summed E-state index contributed by atoms with van der Waals surface area (Å²) in [6.45, 7) is 1.83. The predicted molar refractivity (Wildman–Crippen MR) is 121 cm³/mol. The zero-order valence-electron chi connectivity index (χ0n) is 17.2. The number of thiophene rings is 1. The molecule has 4 rings (SSSR count). The van der Waals surface area contributed by atoms with Crippen LogP contribution < -0.4 is 5.32 Å². The Hall–Kier alpha value is -3.49. The summed E-state index contributed by atoms with van der Waals surface area (Å²) in [5, 5.41) is 4.61. The molecule has 7 nitrogen and oxygen atoms in total. The smallest absolute Gasteiger partial charge is 0.339 e. The number of carbonyl (C=O) groups is 3. The fraction of sp³-hybridized carbons (Fsp3) is 0.208. The van der Waals surface area contributed by atoms with E-state index in [1.165, 1.54) is 11.3 Å². The second-order valence-corrected chi connectivity index (χ2v) is 8.09. The molecule has 2 aromatic carbocycles. The van der Waals surface area contributed by atoms with Gasteiger partial charge in [0.1, 0.15) is 0 Å². The number of ether oxygens (including phenoxy) is 2. The van der Waals surface area contributed by atoms with E-state index in [0.717, 1.165) is 0 Å². The van der Waals surface area contributed by atoms with Gasteiger partial charge in [-0.2, -0.15) is 0 Å². The third kappa shape index (κ3) is 5.22. The number of nitrogens with one attached hydrogen (secondary N) is 1. The Balaban J connectivity index is 1.46. The Morgan fingerprint density at radius 2 is 1.66 bits per heavy atom. The van der Waals surface area contributed by atoms with Crippen molar-refractivity contribution in [1.29, 1.82) is 0 Å². The summed E-state index contributed by atoms with van der Waals surface area (Å²) >= 11 is 1.35. The summed E-state index contributed by atoms with van der Waals surface area (Å²) in [6, 6.07) is 18.9. The van der Waals surface area contributed by atoms with Crippen LogP contribution in [0.25, 0.3) is 0 Å². The average Bonchev–Trinajstić information content (AvgIpc) is 3.39. The van der Waals surface area contributed by atoms with Gasteiger partial charge in [0.05, 0.1) is 23.7 Å². The molecule has 0 saturated carbocycles. The molecule has 0 radical (unpaired) electrons. The first-order valence-corrected chi connectivity index (χ1v) is 11.1. The monoisotopic (exact) mass is 450 g/mol. The molecule has 0 aliphatic carbocycles. The molecule has 1 aliphatic rings. The number of morpholine rings is 1. The molecule has 32 heavy (non-hydrogen) atoms. The zero-order chi connectivity index (χ0) is 22.3. The van der Waals surface area contributed by atoms with Crippen molar-refractivity contribution >= 4 is 34.8 Å². The molecule has 1 aliphatic heterocycles. The summed E-state index contributed by atoms with van der Waals surface area (Å²) < 4.78 is 11.0. The van der Waals surface area contributed by atoms with Crippen LogP contribution in [0.3, 0.4) is 0 Å². The largest absolute Gasteiger partial charge is 0.444 e. The van der Waals surface area contributed by atoms with E-state index in [1.54, 1.807) is 65.6 Å². The van der Waals surface area contributed by atoms with Gasteiger partial charge < -0.3 is 19.7 Å². The van der Waals surface area contributed by atoms with E-state index in [1.807, 2.05) is 11.4 Å². The minimum Gasteiger partial charge on any atom is -0.444 e. The van der Waals surface area contributed by atoms with Crippen LogP contribution >= 0.6 is 11.3 Å². The van der Waals surface area contributed by atoms with Crippen molar-refractivity contribution in [3.8, 4) is 0 Å². The van der Waals surface area contributed by atoms with Crippen LogP contribution in [0.5, 0.6) is 0 Å². The number of amides is 2. The molecule has 1 aromatic heterocycles. The van der Waals surface area contributed by atoms with Crippen molar-refractivity contribution in [2.75, 3.05) is 31.6 Å². The van der Waals surface area contributed by atoms with Crippen molar-refractivity contribution in [3.05, 3.63) is 88.1 Å². The van der Waals surface area contributed by atoms with Crippen LogP contribution in [0, 0.1) is 0 Å². The van der Waals surface area contributed by atoms with E-state index in [-0.39, 0.29) is 17.4 Å². The minimum absolute atomic E-state index is 0.212. The molecule has 164 valence electrons. The van der Waals surface area contributed by atoms with Gasteiger partial charge in [0, 0.05) is 24.3 Å². The molecule has 1 N–H and O–H groups in total. The van der Waals surface area contributed by atoms with Gasteiger partial charge in [-0.25, -0.2) is 4.79 Å². The first-order valence-electron chi connectivity index (χ1n) is 10.2. The molecular weight excluding hydrogens is 428 g/mol. The number of esters is 1. The molecule has 8 heteroatoms. The van der Waals surface area contributed by atoms with Crippen molar-refractivity contribution < 1.29 is 23.9 Å². The van der Waals surface area contributed by atoms with Gasteiger partial charge in [0.25, 0.3) is 11.8 Å². The second kappa shape index (κ2) is 10.2. The Bertz CT molecular complexity index is 1060. The standard InChI is InChI=1S/C24H22N2O5S/c27-22(20-7-4-16-32-20)25-19-10-8-18(9-11-19)24(29)31-21(17-5-2-1-3-6-17)23(28)26-12-14-30-15-13-26/h1-11,16,21H,12-15H2,(H,25,27). The Labute approximate surface area is 189 Å². The number of carbonyl (C=O) groups excluding carboxylic acids is 3. The maximum Gasteiger partial charge on any atom is 0.339 e. The van der Waals surface area contributed by atoms with Crippen LogP contribution in [-0.2, 0) is 14.3 Å². The van der Waals surface area contributed by atoms with Crippen molar-refractivity contribution in [2.24, 2.45) is 0 Å². The van der Waals surface area contributed by atoms with Crippen molar-refractivity contribution in [3.63, 3.8) is 0 Å². The maximum atomic E-state index is 13.1. The lowest BCUT2D eigenvalue weighted by Crippen LogP contribution is -2.44. The molecule has 2 heterocycles. The molecule has 1 atom stereocenters. The molecule has 1 fully saturated rings. The fourth-order valence-electron chi connectivity index (χ4n) is 3.30. The highest BCUT2D eigenvalue weighted by Gasteiger charge is 2.30. The molecule has 0 bridgehead atoms. The highest BCUT2D eigenvalue weighted by molar-refractivity contribution is 7.12. The SMILES string of the molecule is O=C(OC(C(=O)N1CCOCC1)c1ccccc1)c1ccc(NC(=O)c2cccs2)cc1. The van der Waals surface area contributed by atoms with Crippen LogP contribution in [0.2, 0.25) is 0 Å². The van der Waals surface area contributed by atoms with E-state index in [4.69, 9.17) is 9.47 Å². The van der Waals surface area contributed by atoms with Crippen LogP contribution in [0.15, 0.2) is 72.1 Å². The molecule has 3 aromatic rings. The van der Waals surface area contributed by atoms with E-state index in [0.29, 0.717) is 42.4 Å². The van der Waals surface area contributed by atoms with E-state index in [2.05, 4.69) is 5.32 Å². The Kier molecular flexibility index (Phi) is 6.94. The van der Waals surface area contributed by atoms with Gasteiger partial charge in [-0.3, -0.25) is 9.59 Å². The first-order chi connectivity index (χ1) is 15.6. The summed E-state index contributed by atoms with van der Waals surface area (Å²) in [5.41, 5.74) is 1.45. The minimum atomic E-state index is -1.04. The Morgan fingerprint density at radius 3 is 2.31 bits per heavy atom. The average molecular weight is 451 g/mol. The van der Waals surface area contributed by atoms with E-state index in [9.17, 15) is 14.4 Å². The lowest BCUT2D eigenvalue weighted by Gasteiger charge is -2.30. The van der Waals surface area contributed by atoms with Crippen molar-refractivity contribution in [1.82, 2.24) is 4.90 Å². The van der Waals surface area contributed by atoms with Gasteiger partial charge in [-0.05, 0) is 35.7 Å². The maximum absolute atomic E-state index is 13.1. The molecule has 2 amide bonds. The lowest BCUT2D eigenvalue weighted by atomic mass is 10.1. The number of hydrogen-bond donors (Lipinski definition) is 1. The third-order valence-corrected chi connectivity index (χ3v) is 5.87. The summed E-state index contributed by atoms with van der Waals surface area (Å²) in [7, 11) is 0.